The van der Waals surface area contributed by atoms with E-state index in [0.717, 1.165) is 10.3 Å². The van der Waals surface area contributed by atoms with E-state index < -0.39 is 17.7 Å². The fourth-order valence-electron chi connectivity index (χ4n) is 4.25. The summed E-state index contributed by atoms with van der Waals surface area (Å²) in [4.78, 5) is 32.7. The van der Waals surface area contributed by atoms with Crippen LogP contribution in [0, 0.1) is 0 Å². The summed E-state index contributed by atoms with van der Waals surface area (Å²) in [6, 6.07) is 21.1. The first-order chi connectivity index (χ1) is 16.6. The van der Waals surface area contributed by atoms with E-state index in [1.54, 1.807) is 42.5 Å². The number of halogens is 1. The van der Waals surface area contributed by atoms with E-state index in [9.17, 15) is 14.7 Å². The zero-order valence-electron chi connectivity index (χ0n) is 19.4. The SMILES string of the molecule is CC(C)(C)c1ccc(C2C(=C(O)c3ccccc3)C(=O)C(=O)N2c2nc3ccc(Cl)cc3s2)cc1. The lowest BCUT2D eigenvalue weighted by Gasteiger charge is -2.24. The molecule has 1 saturated heterocycles. The highest BCUT2D eigenvalue weighted by Gasteiger charge is 2.48. The van der Waals surface area contributed by atoms with Crippen LogP contribution in [0.4, 0.5) is 5.13 Å². The van der Waals surface area contributed by atoms with E-state index >= 15 is 0 Å². The van der Waals surface area contributed by atoms with Crippen LogP contribution >= 0.6 is 22.9 Å². The van der Waals surface area contributed by atoms with Gasteiger partial charge in [-0.3, -0.25) is 14.5 Å². The maximum atomic E-state index is 13.4. The summed E-state index contributed by atoms with van der Waals surface area (Å²) in [6.45, 7) is 6.36. The molecule has 35 heavy (non-hydrogen) atoms. The second-order valence-electron chi connectivity index (χ2n) is 9.52. The Bertz CT molecular complexity index is 1480. The number of nitrogens with zero attached hydrogens (tertiary/aromatic N) is 2. The monoisotopic (exact) mass is 502 g/mol. The van der Waals surface area contributed by atoms with E-state index in [0.29, 0.717) is 26.8 Å². The number of fused-ring (bicyclic) bond motifs is 1. The van der Waals surface area contributed by atoms with Gasteiger partial charge in [-0.1, -0.05) is 98.3 Å². The topological polar surface area (TPSA) is 70.5 Å². The summed E-state index contributed by atoms with van der Waals surface area (Å²) in [5.41, 5.74) is 2.97. The predicted molar refractivity (Wildman–Crippen MR) is 141 cm³/mol. The number of rotatable bonds is 3. The number of aromatic nitrogens is 1. The van der Waals surface area contributed by atoms with Gasteiger partial charge in [0.05, 0.1) is 21.8 Å². The predicted octanol–water partition coefficient (Wildman–Crippen LogP) is 6.87. The van der Waals surface area contributed by atoms with E-state index in [1.165, 1.54) is 16.2 Å². The van der Waals surface area contributed by atoms with Crippen molar-refractivity contribution in [1.82, 2.24) is 4.98 Å². The molecule has 1 unspecified atom stereocenters. The Labute approximate surface area is 212 Å². The first-order valence-electron chi connectivity index (χ1n) is 11.2. The van der Waals surface area contributed by atoms with Gasteiger partial charge in [-0.15, -0.1) is 0 Å². The largest absolute Gasteiger partial charge is 0.507 e. The van der Waals surface area contributed by atoms with Gasteiger partial charge in [0.15, 0.2) is 5.13 Å². The summed E-state index contributed by atoms with van der Waals surface area (Å²) in [5.74, 6) is -1.67. The number of benzene rings is 3. The lowest BCUT2D eigenvalue weighted by atomic mass is 9.85. The standard InChI is InChI=1S/C28H23ClN2O3S/c1-28(2,3)18-11-9-16(10-12-18)23-22(24(32)17-7-5-4-6-8-17)25(33)26(34)31(23)27-30-20-14-13-19(29)15-21(20)35-27/h4-15,23,32H,1-3H3. The Morgan fingerprint density at radius 1 is 1.00 bits per heavy atom. The summed E-state index contributed by atoms with van der Waals surface area (Å²) < 4.78 is 0.805. The Kier molecular flexibility index (Phi) is 5.74. The van der Waals surface area contributed by atoms with Crippen LogP contribution in [0.5, 0.6) is 0 Å². The van der Waals surface area contributed by atoms with Gasteiger partial charge >= 0.3 is 5.91 Å². The molecule has 5 nitrogen and oxygen atoms in total. The van der Waals surface area contributed by atoms with Crippen molar-refractivity contribution in [3.05, 3.63) is 100 Å². The highest BCUT2D eigenvalue weighted by Crippen LogP contribution is 2.44. The van der Waals surface area contributed by atoms with E-state index in [1.807, 2.05) is 30.3 Å². The molecule has 3 aromatic carbocycles. The van der Waals surface area contributed by atoms with E-state index in [-0.39, 0.29) is 16.7 Å². The molecule has 5 rings (SSSR count). The first-order valence-corrected chi connectivity index (χ1v) is 12.4. The number of hydrogen-bond acceptors (Lipinski definition) is 5. The average Bonchev–Trinajstić information content (AvgIpc) is 3.36. The van der Waals surface area contributed by atoms with Crippen LogP contribution in [-0.2, 0) is 15.0 Å². The highest BCUT2D eigenvalue weighted by atomic mass is 35.5. The number of amides is 1. The number of carbonyl (C=O) groups excluding carboxylic acids is 2. The molecule has 0 aliphatic carbocycles. The average molecular weight is 503 g/mol. The summed E-state index contributed by atoms with van der Waals surface area (Å²) in [6.07, 6.45) is 0. The first kappa shape index (κ1) is 23.3. The number of aliphatic hydroxyl groups excluding tert-OH is 1. The third-order valence-electron chi connectivity index (χ3n) is 6.13. The summed E-state index contributed by atoms with van der Waals surface area (Å²) >= 11 is 7.43. The maximum absolute atomic E-state index is 13.4. The quantitative estimate of drug-likeness (QED) is 0.188. The number of aliphatic hydroxyl groups is 1. The lowest BCUT2D eigenvalue weighted by molar-refractivity contribution is -0.132. The zero-order chi connectivity index (χ0) is 24.9. The molecule has 2 heterocycles. The van der Waals surface area contributed by atoms with E-state index in [2.05, 4.69) is 25.8 Å². The Morgan fingerprint density at radius 2 is 1.69 bits per heavy atom. The molecule has 1 amide bonds. The molecular weight excluding hydrogens is 480 g/mol. The van der Waals surface area contributed by atoms with Crippen molar-refractivity contribution < 1.29 is 14.7 Å². The molecule has 7 heteroatoms. The molecule has 176 valence electrons. The molecule has 0 radical (unpaired) electrons. The van der Waals surface area contributed by atoms with Crippen molar-refractivity contribution in [3.8, 4) is 0 Å². The normalized spacial score (nSPS) is 17.9. The number of Topliss-reactive ketones (excluding diaryl/α,β-unsaturated/α-hetero) is 1. The van der Waals surface area contributed by atoms with Gasteiger partial charge in [-0.25, -0.2) is 4.98 Å². The van der Waals surface area contributed by atoms with Crippen molar-refractivity contribution in [1.29, 1.82) is 0 Å². The minimum atomic E-state index is -0.819. The van der Waals surface area contributed by atoms with Crippen molar-refractivity contribution in [2.75, 3.05) is 4.90 Å². The van der Waals surface area contributed by atoms with Crippen LogP contribution in [0.2, 0.25) is 5.02 Å². The van der Waals surface area contributed by atoms with Crippen LogP contribution in [0.1, 0.15) is 43.5 Å². The summed E-state index contributed by atoms with van der Waals surface area (Å²) in [7, 11) is 0. The molecular formula is C28H23ClN2O3S. The van der Waals surface area contributed by atoms with Crippen LogP contribution in [-0.4, -0.2) is 21.8 Å². The fourth-order valence-corrected chi connectivity index (χ4v) is 5.52. The van der Waals surface area contributed by atoms with Gasteiger partial charge in [-0.2, -0.15) is 0 Å². The minimum Gasteiger partial charge on any atom is -0.507 e. The summed E-state index contributed by atoms with van der Waals surface area (Å²) in [5, 5.41) is 12.1. The van der Waals surface area contributed by atoms with Crippen LogP contribution in [0.25, 0.3) is 16.0 Å². The molecule has 1 atom stereocenters. The zero-order valence-corrected chi connectivity index (χ0v) is 21.0. The van der Waals surface area contributed by atoms with Gasteiger partial charge in [0.25, 0.3) is 5.78 Å². The molecule has 0 bridgehead atoms. The Morgan fingerprint density at radius 3 is 2.34 bits per heavy atom. The van der Waals surface area contributed by atoms with Crippen LogP contribution in [0.3, 0.4) is 0 Å². The van der Waals surface area contributed by atoms with Crippen molar-refractivity contribution in [2.45, 2.75) is 32.2 Å². The van der Waals surface area contributed by atoms with Crippen LogP contribution in [0.15, 0.2) is 78.4 Å². The second-order valence-corrected chi connectivity index (χ2v) is 11.0. The fraction of sp³-hybridized carbons (Fsp3) is 0.179. The third-order valence-corrected chi connectivity index (χ3v) is 7.38. The molecule has 4 aromatic rings. The molecule has 0 saturated carbocycles. The number of thiazole rings is 1. The van der Waals surface area contributed by atoms with Gasteiger partial charge in [-0.05, 0) is 34.7 Å². The third kappa shape index (κ3) is 4.13. The van der Waals surface area contributed by atoms with Crippen molar-refractivity contribution in [3.63, 3.8) is 0 Å². The number of anilines is 1. The lowest BCUT2D eigenvalue weighted by Crippen LogP contribution is -2.29. The Balaban J connectivity index is 1.72. The number of ketones is 1. The molecule has 0 spiro atoms. The van der Waals surface area contributed by atoms with Gasteiger partial charge in [0, 0.05) is 10.6 Å². The van der Waals surface area contributed by atoms with Crippen molar-refractivity contribution in [2.24, 2.45) is 0 Å². The molecule has 1 aliphatic heterocycles. The maximum Gasteiger partial charge on any atom is 0.301 e. The smallest absolute Gasteiger partial charge is 0.301 e. The molecule has 1 N–H and O–H groups in total. The van der Waals surface area contributed by atoms with Crippen LogP contribution < -0.4 is 4.90 Å². The Hall–Kier alpha value is -3.48. The number of hydrogen-bond donors (Lipinski definition) is 1. The molecule has 1 aromatic heterocycles. The van der Waals surface area contributed by atoms with Gasteiger partial charge < -0.3 is 5.11 Å². The minimum absolute atomic E-state index is 0.0435. The van der Waals surface area contributed by atoms with Crippen molar-refractivity contribution >= 4 is 55.7 Å². The molecule has 1 fully saturated rings. The van der Waals surface area contributed by atoms with Gasteiger partial charge in [0.1, 0.15) is 5.76 Å². The highest BCUT2D eigenvalue weighted by molar-refractivity contribution is 7.22. The van der Waals surface area contributed by atoms with Gasteiger partial charge in [0.2, 0.25) is 0 Å². The molecule has 1 aliphatic rings. The number of carbonyl (C=O) groups is 2. The second kappa shape index (κ2) is 8.63. The van der Waals surface area contributed by atoms with E-state index in [4.69, 9.17) is 11.6 Å².